The Labute approximate surface area is 96.9 Å². The molecule has 1 aromatic rings. The average molecular weight is 220 g/mol. The van der Waals surface area contributed by atoms with Crippen LogP contribution in [0.15, 0.2) is 24.3 Å². The zero-order valence-corrected chi connectivity index (χ0v) is 9.60. The molecule has 3 heteroatoms. The average Bonchev–Trinajstić information content (AvgIpc) is 2.33. The molecule has 3 N–H and O–H groups in total. The first kappa shape index (κ1) is 11.4. The summed E-state index contributed by atoms with van der Waals surface area (Å²) in [6, 6.07) is 8.35. The highest BCUT2D eigenvalue weighted by Crippen LogP contribution is 2.19. The minimum absolute atomic E-state index is 0.273. The Morgan fingerprint density at radius 2 is 2.00 bits per heavy atom. The highest BCUT2D eigenvalue weighted by atomic mass is 16.3. The molecule has 0 bridgehead atoms. The Morgan fingerprint density at radius 1 is 1.25 bits per heavy atom. The second-order valence-electron chi connectivity index (χ2n) is 4.54. The third kappa shape index (κ3) is 2.74. The summed E-state index contributed by atoms with van der Waals surface area (Å²) in [5.41, 5.74) is 7.74. The van der Waals surface area contributed by atoms with Crippen molar-refractivity contribution in [2.75, 3.05) is 18.9 Å². The molecular formula is C13H20N2O. The normalized spacial score (nSPS) is 22.2. The smallest absolute Gasteiger partial charge is 0.0586 e. The van der Waals surface area contributed by atoms with Crippen LogP contribution in [-0.4, -0.2) is 29.2 Å². The van der Waals surface area contributed by atoms with Gasteiger partial charge < -0.3 is 10.8 Å². The van der Waals surface area contributed by atoms with Gasteiger partial charge >= 0.3 is 0 Å². The summed E-state index contributed by atoms with van der Waals surface area (Å²) in [6.45, 7) is 2.29. The molecule has 1 saturated heterocycles. The van der Waals surface area contributed by atoms with Gasteiger partial charge in [0.2, 0.25) is 0 Å². The van der Waals surface area contributed by atoms with Gasteiger partial charge in [0.15, 0.2) is 0 Å². The molecule has 3 nitrogen and oxygen atoms in total. The van der Waals surface area contributed by atoms with E-state index >= 15 is 0 Å². The van der Waals surface area contributed by atoms with Crippen LogP contribution in [0.1, 0.15) is 24.8 Å². The molecule has 1 aliphatic heterocycles. The number of anilines is 1. The Balaban J connectivity index is 1.99. The number of aliphatic hydroxyl groups excluding tert-OH is 1. The number of benzene rings is 1. The van der Waals surface area contributed by atoms with Crippen molar-refractivity contribution in [3.05, 3.63) is 29.8 Å². The molecule has 0 aliphatic carbocycles. The SMILES string of the molecule is Nc1ccc(CN2CCCC[C@@H]2CO)cc1. The first-order valence-electron chi connectivity index (χ1n) is 5.99. The van der Waals surface area contributed by atoms with Gasteiger partial charge in [-0.05, 0) is 37.1 Å². The fourth-order valence-electron chi connectivity index (χ4n) is 2.33. The Hall–Kier alpha value is -1.06. The van der Waals surface area contributed by atoms with Crippen LogP contribution in [0.3, 0.4) is 0 Å². The Morgan fingerprint density at radius 3 is 2.69 bits per heavy atom. The predicted molar refractivity (Wildman–Crippen MR) is 66.0 cm³/mol. The maximum absolute atomic E-state index is 9.32. The number of nitrogens with two attached hydrogens (primary N) is 1. The van der Waals surface area contributed by atoms with Crippen LogP contribution in [0.25, 0.3) is 0 Å². The quantitative estimate of drug-likeness (QED) is 0.761. The van der Waals surface area contributed by atoms with E-state index in [9.17, 15) is 5.11 Å². The Kier molecular flexibility index (Phi) is 3.80. The van der Waals surface area contributed by atoms with Gasteiger partial charge in [-0.3, -0.25) is 4.90 Å². The molecule has 88 valence electrons. The van der Waals surface area contributed by atoms with E-state index in [0.717, 1.165) is 25.2 Å². The summed E-state index contributed by atoms with van der Waals surface area (Å²) in [5, 5.41) is 9.32. The molecule has 1 atom stereocenters. The highest BCUT2D eigenvalue weighted by Gasteiger charge is 2.21. The van der Waals surface area contributed by atoms with Gasteiger partial charge in [-0.25, -0.2) is 0 Å². The van der Waals surface area contributed by atoms with Crippen LogP contribution in [0, 0.1) is 0 Å². The van der Waals surface area contributed by atoms with Crippen LogP contribution >= 0.6 is 0 Å². The van der Waals surface area contributed by atoms with E-state index in [1.165, 1.54) is 18.4 Å². The number of likely N-dealkylation sites (tertiary alicyclic amines) is 1. The van der Waals surface area contributed by atoms with Gasteiger partial charge in [-0.1, -0.05) is 18.6 Å². The minimum atomic E-state index is 0.273. The molecule has 1 aromatic carbocycles. The lowest BCUT2D eigenvalue weighted by Gasteiger charge is -2.34. The summed E-state index contributed by atoms with van der Waals surface area (Å²) in [6.07, 6.45) is 3.60. The molecule has 16 heavy (non-hydrogen) atoms. The van der Waals surface area contributed by atoms with E-state index < -0.39 is 0 Å². The lowest BCUT2D eigenvalue weighted by molar-refractivity contribution is 0.0841. The largest absolute Gasteiger partial charge is 0.399 e. The molecule has 1 fully saturated rings. The Bertz CT molecular complexity index is 323. The van der Waals surface area contributed by atoms with Gasteiger partial charge in [0.1, 0.15) is 0 Å². The number of hydrogen-bond donors (Lipinski definition) is 2. The summed E-state index contributed by atoms with van der Waals surface area (Å²) >= 11 is 0. The summed E-state index contributed by atoms with van der Waals surface area (Å²) in [4.78, 5) is 2.37. The van der Waals surface area contributed by atoms with E-state index in [-0.39, 0.29) is 6.61 Å². The number of aliphatic hydroxyl groups is 1. The molecule has 2 rings (SSSR count). The molecule has 1 aliphatic rings. The fourth-order valence-corrected chi connectivity index (χ4v) is 2.33. The van der Waals surface area contributed by atoms with E-state index in [1.54, 1.807) is 0 Å². The van der Waals surface area contributed by atoms with E-state index in [4.69, 9.17) is 5.73 Å². The van der Waals surface area contributed by atoms with Gasteiger partial charge in [0, 0.05) is 18.3 Å². The van der Waals surface area contributed by atoms with Crippen molar-refractivity contribution < 1.29 is 5.11 Å². The zero-order chi connectivity index (χ0) is 11.4. The lowest BCUT2D eigenvalue weighted by Crippen LogP contribution is -2.41. The van der Waals surface area contributed by atoms with Crippen LogP contribution in [0.5, 0.6) is 0 Å². The van der Waals surface area contributed by atoms with E-state index in [1.807, 2.05) is 12.1 Å². The number of nitrogens with zero attached hydrogens (tertiary/aromatic N) is 1. The first-order chi connectivity index (χ1) is 7.79. The second-order valence-corrected chi connectivity index (χ2v) is 4.54. The van der Waals surface area contributed by atoms with E-state index in [2.05, 4.69) is 17.0 Å². The maximum atomic E-state index is 9.32. The predicted octanol–water partition coefficient (Wildman–Crippen LogP) is 1.62. The molecule has 0 aromatic heterocycles. The van der Waals surface area contributed by atoms with Crippen molar-refractivity contribution >= 4 is 5.69 Å². The zero-order valence-electron chi connectivity index (χ0n) is 9.60. The van der Waals surface area contributed by atoms with Crippen molar-refractivity contribution in [2.45, 2.75) is 31.8 Å². The van der Waals surface area contributed by atoms with E-state index in [0.29, 0.717) is 6.04 Å². The monoisotopic (exact) mass is 220 g/mol. The van der Waals surface area contributed by atoms with Crippen molar-refractivity contribution in [3.8, 4) is 0 Å². The number of nitrogen functional groups attached to an aromatic ring is 1. The van der Waals surface area contributed by atoms with Gasteiger partial charge in [0.25, 0.3) is 0 Å². The second kappa shape index (κ2) is 5.32. The maximum Gasteiger partial charge on any atom is 0.0586 e. The summed E-state index contributed by atoms with van der Waals surface area (Å²) in [7, 11) is 0. The number of rotatable bonds is 3. The van der Waals surface area contributed by atoms with Crippen molar-refractivity contribution in [1.82, 2.24) is 4.90 Å². The highest BCUT2D eigenvalue weighted by molar-refractivity contribution is 5.39. The molecule has 0 saturated carbocycles. The third-order valence-electron chi connectivity index (χ3n) is 3.33. The summed E-state index contributed by atoms with van der Waals surface area (Å²) in [5.74, 6) is 0. The fraction of sp³-hybridized carbons (Fsp3) is 0.538. The number of hydrogen-bond acceptors (Lipinski definition) is 3. The molecule has 0 unspecified atom stereocenters. The van der Waals surface area contributed by atoms with Gasteiger partial charge in [0.05, 0.1) is 6.61 Å². The van der Waals surface area contributed by atoms with Crippen LogP contribution in [0.2, 0.25) is 0 Å². The standard InChI is InChI=1S/C13H20N2O/c14-12-6-4-11(5-7-12)9-15-8-2-1-3-13(15)10-16/h4-7,13,16H,1-3,8-10,14H2/t13-/m1/s1. The van der Waals surface area contributed by atoms with Gasteiger partial charge in [-0.15, -0.1) is 0 Å². The molecule has 0 spiro atoms. The molecule has 1 heterocycles. The van der Waals surface area contributed by atoms with Gasteiger partial charge in [-0.2, -0.15) is 0 Å². The summed E-state index contributed by atoms with van der Waals surface area (Å²) < 4.78 is 0. The minimum Gasteiger partial charge on any atom is -0.399 e. The topological polar surface area (TPSA) is 49.5 Å². The molecule has 0 radical (unpaired) electrons. The molecule has 0 amide bonds. The van der Waals surface area contributed by atoms with Crippen molar-refractivity contribution in [1.29, 1.82) is 0 Å². The van der Waals surface area contributed by atoms with Crippen molar-refractivity contribution in [2.24, 2.45) is 0 Å². The van der Waals surface area contributed by atoms with Crippen LogP contribution in [0.4, 0.5) is 5.69 Å². The molecular weight excluding hydrogens is 200 g/mol. The van der Waals surface area contributed by atoms with Crippen molar-refractivity contribution in [3.63, 3.8) is 0 Å². The first-order valence-corrected chi connectivity index (χ1v) is 5.99. The van der Waals surface area contributed by atoms with Crippen LogP contribution in [-0.2, 0) is 6.54 Å². The van der Waals surface area contributed by atoms with Crippen LogP contribution < -0.4 is 5.73 Å². The number of piperidine rings is 1. The third-order valence-corrected chi connectivity index (χ3v) is 3.33. The lowest BCUT2D eigenvalue weighted by atomic mass is 10.0.